The quantitative estimate of drug-likeness (QED) is 0.301. The number of fused-ring (bicyclic) bond motifs is 4. The van der Waals surface area contributed by atoms with Crippen molar-refractivity contribution in [2.45, 2.75) is 32.2 Å². The molecule has 5 aromatic rings. The summed E-state index contributed by atoms with van der Waals surface area (Å²) in [5, 5.41) is 9.06. The Hall–Kier alpha value is -4.52. The Morgan fingerprint density at radius 1 is 1.11 bits per heavy atom. The SMILES string of the molecule is Cc1c(-c2cc3cc(Nc4cc5n(n4)Cc4nccn4CC5)ncc3c(N)c2F)cnc2c1NS(=O)(=O)C2. The van der Waals surface area contributed by atoms with E-state index in [1.165, 1.54) is 12.4 Å². The average molecular weight is 532 g/mol. The molecule has 4 aromatic heterocycles. The average Bonchev–Trinajstić information content (AvgIpc) is 3.55. The minimum atomic E-state index is -3.49. The minimum Gasteiger partial charge on any atom is -0.396 e. The zero-order valence-electron chi connectivity index (χ0n) is 20.2. The number of nitrogens with two attached hydrogens (primary N) is 1. The van der Waals surface area contributed by atoms with Crippen molar-refractivity contribution in [3.63, 3.8) is 0 Å². The fourth-order valence-corrected chi connectivity index (χ4v) is 6.39. The molecule has 0 unspecified atom stereocenters. The van der Waals surface area contributed by atoms with E-state index in [2.05, 4.69) is 34.7 Å². The molecule has 192 valence electrons. The Morgan fingerprint density at radius 3 is 2.84 bits per heavy atom. The van der Waals surface area contributed by atoms with Gasteiger partial charge in [0.15, 0.2) is 11.6 Å². The Kier molecular flexibility index (Phi) is 4.76. The molecule has 1 aromatic carbocycles. The predicted octanol–water partition coefficient (Wildman–Crippen LogP) is 3.32. The van der Waals surface area contributed by atoms with Crippen molar-refractivity contribution in [2.24, 2.45) is 0 Å². The summed E-state index contributed by atoms with van der Waals surface area (Å²) in [6, 6.07) is 5.45. The van der Waals surface area contributed by atoms with E-state index in [0.717, 1.165) is 24.5 Å². The van der Waals surface area contributed by atoms with E-state index in [0.29, 0.717) is 51.5 Å². The molecule has 38 heavy (non-hydrogen) atoms. The fourth-order valence-electron chi connectivity index (χ4n) is 5.16. The number of imidazole rings is 1. The van der Waals surface area contributed by atoms with Crippen LogP contribution in [0, 0.1) is 12.7 Å². The van der Waals surface area contributed by atoms with Crippen LogP contribution in [0.4, 0.5) is 27.4 Å². The molecule has 0 radical (unpaired) electrons. The van der Waals surface area contributed by atoms with Crippen LogP contribution in [-0.4, -0.2) is 37.7 Å². The molecule has 0 saturated carbocycles. The number of nitrogens with zero attached hydrogens (tertiary/aromatic N) is 6. The van der Waals surface area contributed by atoms with Gasteiger partial charge in [-0.15, -0.1) is 0 Å². The molecule has 7 rings (SSSR count). The number of nitrogens with one attached hydrogen (secondary N) is 2. The van der Waals surface area contributed by atoms with Crippen molar-refractivity contribution in [1.29, 1.82) is 0 Å². The molecule has 2 aliphatic rings. The molecule has 0 fully saturated rings. The maximum absolute atomic E-state index is 15.4. The number of sulfonamides is 1. The topological polar surface area (TPSA) is 146 Å². The van der Waals surface area contributed by atoms with E-state index >= 15 is 4.39 Å². The molecule has 11 nitrogen and oxygen atoms in total. The second-order valence-electron chi connectivity index (χ2n) is 9.51. The number of nitrogen functional groups attached to an aromatic ring is 1. The van der Waals surface area contributed by atoms with Gasteiger partial charge in [0.05, 0.1) is 23.6 Å². The number of anilines is 4. The van der Waals surface area contributed by atoms with Crippen LogP contribution in [-0.2, 0) is 35.3 Å². The number of aromatic nitrogens is 6. The van der Waals surface area contributed by atoms with Gasteiger partial charge in [0.25, 0.3) is 0 Å². The molecular formula is C25H22FN9O2S. The molecule has 0 saturated heterocycles. The highest BCUT2D eigenvalue weighted by molar-refractivity contribution is 7.92. The van der Waals surface area contributed by atoms with Gasteiger partial charge in [-0.3, -0.25) is 14.4 Å². The normalized spacial score (nSPS) is 15.4. The summed E-state index contributed by atoms with van der Waals surface area (Å²) in [7, 11) is -3.49. The maximum Gasteiger partial charge on any atom is 0.238 e. The fraction of sp³-hybridized carbons (Fsp3) is 0.200. The van der Waals surface area contributed by atoms with E-state index in [9.17, 15) is 8.42 Å². The zero-order chi connectivity index (χ0) is 26.2. The highest BCUT2D eigenvalue weighted by Crippen LogP contribution is 2.39. The lowest BCUT2D eigenvalue weighted by molar-refractivity contribution is 0.602. The molecular weight excluding hydrogens is 509 g/mol. The minimum absolute atomic E-state index is 0.0405. The van der Waals surface area contributed by atoms with Crippen molar-refractivity contribution in [1.82, 2.24) is 29.3 Å². The first-order chi connectivity index (χ1) is 18.3. The van der Waals surface area contributed by atoms with Gasteiger partial charge in [0.2, 0.25) is 10.0 Å². The van der Waals surface area contributed by atoms with Crippen LogP contribution >= 0.6 is 0 Å². The summed E-state index contributed by atoms with van der Waals surface area (Å²) in [5.41, 5.74) is 9.31. The highest BCUT2D eigenvalue weighted by Gasteiger charge is 2.28. The van der Waals surface area contributed by atoms with Crippen LogP contribution in [0.1, 0.15) is 22.8 Å². The van der Waals surface area contributed by atoms with Gasteiger partial charge in [-0.1, -0.05) is 0 Å². The first kappa shape index (κ1) is 22.7. The predicted molar refractivity (Wildman–Crippen MR) is 141 cm³/mol. The number of aryl methyl sites for hydroxylation is 2. The van der Waals surface area contributed by atoms with Crippen LogP contribution in [0.5, 0.6) is 0 Å². The van der Waals surface area contributed by atoms with Crippen molar-refractivity contribution < 1.29 is 12.8 Å². The lowest BCUT2D eigenvalue weighted by Gasteiger charge is -2.14. The van der Waals surface area contributed by atoms with E-state index in [1.54, 1.807) is 25.3 Å². The van der Waals surface area contributed by atoms with Gasteiger partial charge in [0.1, 0.15) is 17.4 Å². The first-order valence-corrected chi connectivity index (χ1v) is 13.6. The molecule has 6 heterocycles. The highest BCUT2D eigenvalue weighted by atomic mass is 32.2. The second-order valence-corrected chi connectivity index (χ2v) is 11.2. The number of benzene rings is 1. The van der Waals surface area contributed by atoms with E-state index < -0.39 is 15.8 Å². The van der Waals surface area contributed by atoms with E-state index in [4.69, 9.17) is 5.73 Å². The van der Waals surface area contributed by atoms with Crippen molar-refractivity contribution >= 4 is 43.8 Å². The van der Waals surface area contributed by atoms with Gasteiger partial charge in [-0.05, 0) is 30.0 Å². The van der Waals surface area contributed by atoms with Gasteiger partial charge in [-0.2, -0.15) is 5.10 Å². The Morgan fingerprint density at radius 2 is 1.97 bits per heavy atom. The Balaban J connectivity index is 1.25. The van der Waals surface area contributed by atoms with E-state index in [-0.39, 0.29) is 17.0 Å². The van der Waals surface area contributed by atoms with Crippen molar-refractivity contribution in [2.75, 3.05) is 15.8 Å². The lowest BCUT2D eigenvalue weighted by atomic mass is 9.96. The zero-order valence-corrected chi connectivity index (χ0v) is 21.0. The summed E-state index contributed by atoms with van der Waals surface area (Å²) < 4.78 is 46.1. The molecule has 0 amide bonds. The molecule has 0 spiro atoms. The summed E-state index contributed by atoms with van der Waals surface area (Å²) in [5.74, 6) is 1.32. The molecule has 0 aliphatic carbocycles. The molecule has 13 heteroatoms. The Labute approximate surface area is 216 Å². The number of hydrogen-bond donors (Lipinski definition) is 3. The summed E-state index contributed by atoms with van der Waals surface area (Å²) in [4.78, 5) is 13.1. The van der Waals surface area contributed by atoms with Gasteiger partial charge >= 0.3 is 0 Å². The second kappa shape index (κ2) is 7.99. The molecule has 0 bridgehead atoms. The third kappa shape index (κ3) is 3.57. The summed E-state index contributed by atoms with van der Waals surface area (Å²) >= 11 is 0. The lowest BCUT2D eigenvalue weighted by Crippen LogP contribution is -2.06. The monoisotopic (exact) mass is 531 g/mol. The van der Waals surface area contributed by atoms with Gasteiger partial charge in [0, 0.05) is 66.0 Å². The Bertz CT molecular complexity index is 1890. The van der Waals surface area contributed by atoms with Crippen molar-refractivity contribution in [3.05, 3.63) is 71.6 Å². The number of halogens is 1. The number of rotatable bonds is 3. The van der Waals surface area contributed by atoms with Crippen LogP contribution in [0.15, 0.2) is 43.0 Å². The smallest absolute Gasteiger partial charge is 0.238 e. The van der Waals surface area contributed by atoms with Gasteiger partial charge in [-0.25, -0.2) is 22.8 Å². The summed E-state index contributed by atoms with van der Waals surface area (Å²) in [6.45, 7) is 3.15. The third-order valence-corrected chi connectivity index (χ3v) is 8.28. The summed E-state index contributed by atoms with van der Waals surface area (Å²) in [6.07, 6.45) is 7.61. The standard InChI is InChI=1S/C25H22FN9O2S/c1-13-17(9-29-19-12-38(36,37)33-25(13)19)16-6-14-7-20(30-10-18(14)24(27)23(16)26)31-21-8-15-2-4-34-5-3-28-22(34)11-35(15)32-21/h3,5-10,33H,2,4,11-12,27H2,1H3,(H,30,31,32). The molecule has 0 atom stereocenters. The number of hydrogen-bond acceptors (Lipinski definition) is 8. The largest absolute Gasteiger partial charge is 0.396 e. The van der Waals surface area contributed by atoms with Crippen LogP contribution < -0.4 is 15.8 Å². The van der Waals surface area contributed by atoms with Crippen molar-refractivity contribution in [3.8, 4) is 11.1 Å². The van der Waals surface area contributed by atoms with Gasteiger partial charge < -0.3 is 15.6 Å². The van der Waals surface area contributed by atoms with Crippen LogP contribution in [0.2, 0.25) is 0 Å². The molecule has 4 N–H and O–H groups in total. The van der Waals surface area contributed by atoms with Crippen LogP contribution in [0.3, 0.4) is 0 Å². The maximum atomic E-state index is 15.4. The third-order valence-electron chi connectivity index (χ3n) is 7.11. The molecule has 2 aliphatic heterocycles. The van der Waals surface area contributed by atoms with E-state index in [1.807, 2.05) is 16.9 Å². The number of pyridine rings is 2. The van der Waals surface area contributed by atoms with Crippen LogP contribution in [0.25, 0.3) is 21.9 Å². The first-order valence-electron chi connectivity index (χ1n) is 12.0.